The van der Waals surface area contributed by atoms with Crippen LogP contribution < -0.4 is 5.73 Å². The lowest BCUT2D eigenvalue weighted by Crippen LogP contribution is -2.05. The third-order valence-electron chi connectivity index (χ3n) is 1.30. The lowest BCUT2D eigenvalue weighted by Gasteiger charge is -1.95. The lowest BCUT2D eigenvalue weighted by atomic mass is 10.4. The Morgan fingerprint density at radius 1 is 1.62 bits per heavy atom. The van der Waals surface area contributed by atoms with Gasteiger partial charge in [0.1, 0.15) is 6.61 Å². The van der Waals surface area contributed by atoms with Crippen molar-refractivity contribution in [2.45, 2.75) is 6.42 Å². The normalized spacial score (nSPS) is 11.1. The van der Waals surface area contributed by atoms with Gasteiger partial charge in [0.2, 0.25) is 5.13 Å². The molecule has 0 saturated heterocycles. The Balaban J connectivity index is 2.57. The summed E-state index contributed by atoms with van der Waals surface area (Å²) in [5.41, 5.74) is 5.11. The van der Waals surface area contributed by atoms with Crippen molar-refractivity contribution in [2.24, 2.45) is 5.16 Å². The molecule has 3 N–H and O–H groups in total. The van der Waals surface area contributed by atoms with Crippen LogP contribution in [-0.4, -0.2) is 39.9 Å². The Kier molecular flexibility index (Phi) is 4.33. The zero-order chi connectivity index (χ0) is 12.0. The standard InChI is InChI=1S/C7H7N4O4S/c8-7-10-9-6(16-7)4(3-12)11-15-2-1-5(13)14/h1-2H2,(H2,8,10)(H,13,14). The second-order valence-corrected chi connectivity index (χ2v) is 3.47. The Morgan fingerprint density at radius 2 is 2.38 bits per heavy atom. The molecule has 1 aromatic rings. The maximum atomic E-state index is 10.5. The van der Waals surface area contributed by atoms with Gasteiger partial charge in [0.15, 0.2) is 10.7 Å². The van der Waals surface area contributed by atoms with E-state index in [0.29, 0.717) is 0 Å². The monoisotopic (exact) mass is 243 g/mol. The van der Waals surface area contributed by atoms with E-state index in [4.69, 9.17) is 10.8 Å². The zero-order valence-corrected chi connectivity index (χ0v) is 8.73. The fourth-order valence-electron chi connectivity index (χ4n) is 0.675. The van der Waals surface area contributed by atoms with Crippen molar-refractivity contribution in [2.75, 3.05) is 12.3 Å². The number of oxime groups is 1. The molecule has 0 aliphatic heterocycles. The number of hydrogen-bond donors (Lipinski definition) is 2. The number of nitrogens with zero attached hydrogens (tertiary/aromatic N) is 3. The summed E-state index contributed by atoms with van der Waals surface area (Å²) in [6.07, 6.45) is 1.29. The molecule has 16 heavy (non-hydrogen) atoms. The third-order valence-corrected chi connectivity index (χ3v) is 2.06. The van der Waals surface area contributed by atoms with E-state index in [-0.39, 0.29) is 28.9 Å². The molecule has 1 rings (SSSR count). The van der Waals surface area contributed by atoms with Crippen LogP contribution in [0.1, 0.15) is 11.4 Å². The molecule has 0 aromatic carbocycles. The number of nitrogen functional groups attached to an aromatic ring is 1. The average Bonchev–Trinajstić information content (AvgIpc) is 2.64. The number of carboxylic acids is 1. The van der Waals surface area contributed by atoms with Crippen LogP contribution in [0, 0.1) is 0 Å². The number of carbonyl (C=O) groups excluding carboxylic acids is 1. The van der Waals surface area contributed by atoms with E-state index < -0.39 is 5.97 Å². The Hall–Kier alpha value is -2.03. The van der Waals surface area contributed by atoms with Crippen LogP contribution in [0.2, 0.25) is 0 Å². The number of rotatable bonds is 6. The minimum Gasteiger partial charge on any atom is -0.481 e. The second kappa shape index (κ2) is 5.75. The van der Waals surface area contributed by atoms with Crippen molar-refractivity contribution >= 4 is 34.4 Å². The fourth-order valence-corrected chi connectivity index (χ4v) is 1.21. The van der Waals surface area contributed by atoms with Gasteiger partial charge in [-0.2, -0.15) is 0 Å². The van der Waals surface area contributed by atoms with Gasteiger partial charge in [0.05, 0.1) is 6.42 Å². The quantitative estimate of drug-likeness (QED) is 0.388. The molecule has 0 fully saturated rings. The van der Waals surface area contributed by atoms with E-state index in [1.54, 1.807) is 0 Å². The van der Waals surface area contributed by atoms with E-state index in [0.717, 1.165) is 11.3 Å². The third kappa shape index (κ3) is 3.61. The van der Waals surface area contributed by atoms with Crippen LogP contribution in [0.4, 0.5) is 5.13 Å². The molecule has 0 unspecified atom stereocenters. The first kappa shape index (κ1) is 12.0. The molecule has 85 valence electrons. The van der Waals surface area contributed by atoms with Crippen LogP contribution in [0.15, 0.2) is 5.16 Å². The molecule has 0 bridgehead atoms. The van der Waals surface area contributed by atoms with Gasteiger partial charge in [-0.05, 0) is 0 Å². The second-order valence-electron chi connectivity index (χ2n) is 2.46. The number of aliphatic carboxylic acids is 1. The van der Waals surface area contributed by atoms with Crippen molar-refractivity contribution in [1.29, 1.82) is 0 Å². The summed E-state index contributed by atoms with van der Waals surface area (Å²) in [6.45, 7) is -0.144. The first-order chi connectivity index (χ1) is 7.63. The van der Waals surface area contributed by atoms with E-state index in [1.165, 1.54) is 6.29 Å². The molecule has 0 amide bonds. The van der Waals surface area contributed by atoms with Crippen LogP contribution in [0.5, 0.6) is 0 Å². The number of carbonyl (C=O) groups is 1. The van der Waals surface area contributed by atoms with Gasteiger partial charge in [0.25, 0.3) is 6.29 Å². The number of hydrogen-bond acceptors (Lipinski definition) is 8. The van der Waals surface area contributed by atoms with Gasteiger partial charge in [-0.15, -0.1) is 10.2 Å². The molecule has 0 aliphatic carbocycles. The summed E-state index contributed by atoms with van der Waals surface area (Å²) < 4.78 is 0. The summed E-state index contributed by atoms with van der Waals surface area (Å²) in [6, 6.07) is 0. The Morgan fingerprint density at radius 3 is 2.88 bits per heavy atom. The lowest BCUT2D eigenvalue weighted by molar-refractivity contribution is -0.138. The average molecular weight is 243 g/mol. The van der Waals surface area contributed by atoms with Gasteiger partial charge in [0, 0.05) is 0 Å². The van der Waals surface area contributed by atoms with Crippen LogP contribution in [0.25, 0.3) is 0 Å². The number of carboxylic acid groups (broad SMARTS) is 1. The minimum atomic E-state index is -1.02. The van der Waals surface area contributed by atoms with E-state index in [9.17, 15) is 9.59 Å². The van der Waals surface area contributed by atoms with Gasteiger partial charge in [-0.1, -0.05) is 16.5 Å². The van der Waals surface area contributed by atoms with E-state index in [1.807, 2.05) is 0 Å². The van der Waals surface area contributed by atoms with Crippen molar-refractivity contribution < 1.29 is 19.5 Å². The van der Waals surface area contributed by atoms with E-state index in [2.05, 4.69) is 20.2 Å². The number of anilines is 1. The highest BCUT2D eigenvalue weighted by Gasteiger charge is 2.10. The summed E-state index contributed by atoms with van der Waals surface area (Å²) in [4.78, 5) is 25.2. The van der Waals surface area contributed by atoms with Gasteiger partial charge >= 0.3 is 5.97 Å². The van der Waals surface area contributed by atoms with Crippen molar-refractivity contribution in [1.82, 2.24) is 10.2 Å². The molecule has 0 atom stereocenters. The summed E-state index contributed by atoms with van der Waals surface area (Å²) in [7, 11) is 0. The van der Waals surface area contributed by atoms with Crippen molar-refractivity contribution in [3.8, 4) is 0 Å². The summed E-state index contributed by atoms with van der Waals surface area (Å²) in [5.74, 6) is -1.02. The van der Waals surface area contributed by atoms with Crippen LogP contribution >= 0.6 is 11.3 Å². The van der Waals surface area contributed by atoms with Crippen molar-refractivity contribution in [3.63, 3.8) is 0 Å². The van der Waals surface area contributed by atoms with E-state index >= 15 is 0 Å². The van der Waals surface area contributed by atoms with Crippen molar-refractivity contribution in [3.05, 3.63) is 5.01 Å². The molecule has 0 saturated carbocycles. The highest BCUT2D eigenvalue weighted by Crippen LogP contribution is 2.11. The van der Waals surface area contributed by atoms with Gasteiger partial charge in [-0.25, -0.2) is 0 Å². The number of aromatic nitrogens is 2. The maximum absolute atomic E-state index is 10.5. The molecule has 0 aliphatic rings. The van der Waals surface area contributed by atoms with Crippen LogP contribution in [0.3, 0.4) is 0 Å². The number of nitrogens with two attached hydrogens (primary N) is 1. The molecule has 9 heteroatoms. The first-order valence-electron chi connectivity index (χ1n) is 4.02. The molecule has 1 heterocycles. The van der Waals surface area contributed by atoms with Gasteiger partial charge in [-0.3, -0.25) is 9.59 Å². The minimum absolute atomic E-state index is 0.144. The first-order valence-corrected chi connectivity index (χ1v) is 4.84. The molecule has 1 radical (unpaired) electrons. The predicted octanol–water partition coefficient (Wildman–Crippen LogP) is -0.575. The Bertz CT molecular complexity index is 416. The molecular formula is C7H7N4O4S. The molecule has 8 nitrogen and oxygen atoms in total. The molecular weight excluding hydrogens is 236 g/mol. The summed E-state index contributed by atoms with van der Waals surface area (Å²) >= 11 is 0.951. The van der Waals surface area contributed by atoms with Crippen LogP contribution in [-0.2, 0) is 14.4 Å². The Labute approximate surface area is 93.7 Å². The molecule has 0 spiro atoms. The van der Waals surface area contributed by atoms with Gasteiger partial charge < -0.3 is 15.7 Å². The predicted molar refractivity (Wildman–Crippen MR) is 54.8 cm³/mol. The fraction of sp³-hybridized carbons (Fsp3) is 0.286. The summed E-state index contributed by atoms with van der Waals surface area (Å²) in [5, 5.41) is 19.1. The smallest absolute Gasteiger partial charge is 0.306 e. The zero-order valence-electron chi connectivity index (χ0n) is 7.91. The SMILES string of the molecule is Nc1nnc(C([C]=O)=NOCCC(=O)O)s1. The topological polar surface area (TPSA) is 128 Å². The largest absolute Gasteiger partial charge is 0.481 e. The maximum Gasteiger partial charge on any atom is 0.306 e. The molecule has 1 aromatic heterocycles. The highest BCUT2D eigenvalue weighted by molar-refractivity contribution is 7.17. The highest BCUT2D eigenvalue weighted by atomic mass is 32.1.